The van der Waals surface area contributed by atoms with Crippen molar-refractivity contribution < 1.29 is 49.0 Å². The van der Waals surface area contributed by atoms with Crippen LogP contribution in [-0.2, 0) is 28.6 Å². The summed E-state index contributed by atoms with van der Waals surface area (Å²) in [6, 6.07) is -0.713. The van der Waals surface area contributed by atoms with Crippen molar-refractivity contribution in [3.63, 3.8) is 0 Å². The molecular formula is C32H53NO10. The molecule has 2 heterocycles. The molecule has 13 atom stereocenters. The highest BCUT2D eigenvalue weighted by Gasteiger charge is 2.47. The molecule has 11 heteroatoms. The molecule has 0 aromatic rings. The molecule has 0 aromatic carbocycles. The van der Waals surface area contributed by atoms with Crippen molar-refractivity contribution in [3.05, 3.63) is 23.8 Å². The van der Waals surface area contributed by atoms with Crippen LogP contribution in [0.1, 0.15) is 67.2 Å². The molecule has 2 rings (SSSR count). The van der Waals surface area contributed by atoms with Crippen LogP contribution in [-0.4, -0.2) is 113 Å². The summed E-state index contributed by atoms with van der Waals surface area (Å²) < 4.78 is 18.0. The topological polar surface area (TPSA) is 163 Å². The molecule has 246 valence electrons. The van der Waals surface area contributed by atoms with E-state index < -0.39 is 84.7 Å². The van der Waals surface area contributed by atoms with E-state index in [2.05, 4.69) is 0 Å². The third-order valence-electron chi connectivity index (χ3n) is 8.84. The van der Waals surface area contributed by atoms with Crippen LogP contribution >= 0.6 is 0 Å². The highest BCUT2D eigenvalue weighted by molar-refractivity contribution is 5.91. The summed E-state index contributed by atoms with van der Waals surface area (Å²) in [6.45, 7) is 10.3. The Balaban J connectivity index is 2.54. The number of aliphatic hydroxyl groups excluding tert-OH is 4. The average Bonchev–Trinajstić information content (AvgIpc) is 2.93. The number of ketones is 1. The van der Waals surface area contributed by atoms with Crippen LogP contribution in [0.25, 0.3) is 0 Å². The van der Waals surface area contributed by atoms with Crippen molar-refractivity contribution in [2.24, 2.45) is 23.7 Å². The van der Waals surface area contributed by atoms with Gasteiger partial charge >= 0.3 is 5.97 Å². The van der Waals surface area contributed by atoms with E-state index in [1.165, 1.54) is 6.08 Å². The fourth-order valence-electron chi connectivity index (χ4n) is 6.14. The molecule has 0 radical (unpaired) electrons. The molecule has 1 fully saturated rings. The minimum absolute atomic E-state index is 0.00147. The highest BCUT2D eigenvalue weighted by atomic mass is 16.7. The second kappa shape index (κ2) is 16.9. The van der Waals surface area contributed by atoms with Gasteiger partial charge in [-0.25, -0.2) is 0 Å². The fourth-order valence-corrected chi connectivity index (χ4v) is 6.14. The molecule has 0 aliphatic carbocycles. The second-order valence-electron chi connectivity index (χ2n) is 12.6. The van der Waals surface area contributed by atoms with Gasteiger partial charge in [0.15, 0.2) is 12.1 Å². The van der Waals surface area contributed by atoms with Gasteiger partial charge in [0.05, 0.1) is 43.0 Å². The number of esters is 1. The van der Waals surface area contributed by atoms with Gasteiger partial charge < -0.3 is 44.3 Å². The predicted molar refractivity (Wildman–Crippen MR) is 160 cm³/mol. The van der Waals surface area contributed by atoms with Gasteiger partial charge in [-0.15, -0.1) is 0 Å². The Morgan fingerprint density at radius 3 is 2.33 bits per heavy atom. The molecule has 0 bridgehead atoms. The molecule has 11 nitrogen and oxygen atoms in total. The maximum absolute atomic E-state index is 13.2. The van der Waals surface area contributed by atoms with E-state index in [4.69, 9.17) is 14.2 Å². The number of likely N-dealkylation sites (N-methyl/N-ethyl adjacent to an activating group) is 1. The SMILES string of the molecule is CCC1OC(=O)CC(O)C(C)C(OC2OC(C)C(O)C(N(C)C)C2O)C(CC=O)CC(C)C(=O)/C=C\C(C)=C\C1C(C)O. The quantitative estimate of drug-likeness (QED) is 0.245. The lowest BCUT2D eigenvalue weighted by molar-refractivity contribution is -0.304. The van der Waals surface area contributed by atoms with Crippen LogP contribution in [0.5, 0.6) is 0 Å². The zero-order valence-electron chi connectivity index (χ0n) is 26.8. The van der Waals surface area contributed by atoms with Gasteiger partial charge in [-0.3, -0.25) is 9.59 Å². The van der Waals surface area contributed by atoms with E-state index in [9.17, 15) is 34.8 Å². The van der Waals surface area contributed by atoms with Gasteiger partial charge in [0.1, 0.15) is 18.5 Å². The van der Waals surface area contributed by atoms with E-state index in [1.807, 2.05) is 6.92 Å². The van der Waals surface area contributed by atoms with Crippen LogP contribution in [0.3, 0.4) is 0 Å². The zero-order chi connectivity index (χ0) is 32.6. The molecule has 0 amide bonds. The van der Waals surface area contributed by atoms with Crippen LogP contribution < -0.4 is 0 Å². The second-order valence-corrected chi connectivity index (χ2v) is 12.6. The Morgan fingerprint density at radius 2 is 1.77 bits per heavy atom. The van der Waals surface area contributed by atoms with E-state index in [0.717, 1.165) is 6.29 Å². The van der Waals surface area contributed by atoms with Crippen molar-refractivity contribution in [2.75, 3.05) is 14.1 Å². The van der Waals surface area contributed by atoms with E-state index in [0.29, 0.717) is 12.0 Å². The largest absolute Gasteiger partial charge is 0.462 e. The van der Waals surface area contributed by atoms with E-state index in [1.54, 1.807) is 65.8 Å². The molecule has 4 N–H and O–H groups in total. The predicted octanol–water partition coefficient (Wildman–Crippen LogP) is 1.79. The number of hydrogen-bond acceptors (Lipinski definition) is 11. The van der Waals surface area contributed by atoms with Crippen LogP contribution in [0, 0.1) is 23.7 Å². The summed E-state index contributed by atoms with van der Waals surface area (Å²) in [7, 11) is 3.43. The van der Waals surface area contributed by atoms with Crippen LogP contribution in [0.2, 0.25) is 0 Å². The smallest absolute Gasteiger partial charge is 0.308 e. The van der Waals surface area contributed by atoms with Crippen LogP contribution in [0.4, 0.5) is 0 Å². The lowest BCUT2D eigenvalue weighted by Gasteiger charge is -2.46. The van der Waals surface area contributed by atoms with Crippen LogP contribution in [0.15, 0.2) is 23.8 Å². The van der Waals surface area contributed by atoms with Gasteiger partial charge in [-0.1, -0.05) is 38.5 Å². The fraction of sp³-hybridized carbons (Fsp3) is 0.781. The summed E-state index contributed by atoms with van der Waals surface area (Å²) in [5.74, 6) is -3.21. The summed E-state index contributed by atoms with van der Waals surface area (Å²) in [6.07, 6.45) is -1.99. The molecule has 0 spiro atoms. The number of ether oxygens (including phenoxy) is 3. The summed E-state index contributed by atoms with van der Waals surface area (Å²) in [5.41, 5.74) is 0.711. The molecule has 2 aliphatic heterocycles. The van der Waals surface area contributed by atoms with Gasteiger partial charge in [-0.2, -0.15) is 0 Å². The Kier molecular flexibility index (Phi) is 14.6. The Hall–Kier alpha value is -1.99. The maximum Gasteiger partial charge on any atom is 0.308 e. The van der Waals surface area contributed by atoms with Crippen molar-refractivity contribution in [1.29, 1.82) is 0 Å². The molecule has 13 unspecified atom stereocenters. The number of aliphatic hydroxyl groups is 4. The summed E-state index contributed by atoms with van der Waals surface area (Å²) in [5, 5.41) is 43.6. The molecule has 0 aromatic heterocycles. The molecule has 1 saturated heterocycles. The first-order valence-electron chi connectivity index (χ1n) is 15.4. The highest BCUT2D eigenvalue weighted by Crippen LogP contribution is 2.34. The minimum Gasteiger partial charge on any atom is -0.462 e. The monoisotopic (exact) mass is 611 g/mol. The van der Waals surface area contributed by atoms with Crippen molar-refractivity contribution in [3.8, 4) is 0 Å². The van der Waals surface area contributed by atoms with Crippen molar-refractivity contribution in [1.82, 2.24) is 4.90 Å². The zero-order valence-corrected chi connectivity index (χ0v) is 26.8. The number of cyclic esters (lactones) is 1. The Morgan fingerprint density at radius 1 is 1.12 bits per heavy atom. The molecule has 43 heavy (non-hydrogen) atoms. The number of nitrogens with zero attached hydrogens (tertiary/aromatic N) is 1. The third-order valence-corrected chi connectivity index (χ3v) is 8.84. The minimum atomic E-state index is -1.27. The first-order chi connectivity index (χ1) is 20.1. The van der Waals surface area contributed by atoms with Crippen molar-refractivity contribution in [2.45, 2.75) is 122 Å². The Labute approximate surface area is 255 Å². The standard InChI is InChI=1S/C32H53NO10/c1-9-26-23(20(5)35)14-17(2)10-11-24(36)18(3)15-22(12-13-34)31(19(4)25(37)16-27(38)42-26)43-32-30(40)28(33(7)8)29(39)21(6)41-32/h10-11,13-14,18-23,25-26,28-32,35,37,39-40H,9,12,15-16H2,1-8H3/b11-10-,17-14+. The van der Waals surface area contributed by atoms with E-state index >= 15 is 0 Å². The first-order valence-corrected chi connectivity index (χ1v) is 15.4. The number of hydrogen-bond donors (Lipinski definition) is 4. The number of rotatable bonds is 7. The molecule has 0 saturated carbocycles. The van der Waals surface area contributed by atoms with Crippen molar-refractivity contribution >= 4 is 18.0 Å². The number of carbonyl (C=O) groups is 3. The number of allylic oxidation sites excluding steroid dienone is 3. The summed E-state index contributed by atoms with van der Waals surface area (Å²) in [4.78, 5) is 39.8. The average molecular weight is 612 g/mol. The van der Waals surface area contributed by atoms with Gasteiger partial charge in [0, 0.05) is 24.2 Å². The van der Waals surface area contributed by atoms with Gasteiger partial charge in [0.25, 0.3) is 0 Å². The summed E-state index contributed by atoms with van der Waals surface area (Å²) >= 11 is 0. The normalized spacial score (nSPS) is 41.7. The third kappa shape index (κ3) is 10.0. The lowest BCUT2D eigenvalue weighted by Crippen LogP contribution is -2.63. The number of aldehydes is 1. The molecule has 2 aliphatic rings. The maximum atomic E-state index is 13.2. The Bertz CT molecular complexity index is 981. The van der Waals surface area contributed by atoms with E-state index in [-0.39, 0.29) is 25.0 Å². The first kappa shape index (κ1) is 37.2. The molecular weight excluding hydrogens is 558 g/mol. The lowest BCUT2D eigenvalue weighted by atomic mass is 9.79. The van der Waals surface area contributed by atoms with Gasteiger partial charge in [-0.05, 0) is 59.7 Å². The number of carbonyl (C=O) groups excluding carboxylic acids is 3. The van der Waals surface area contributed by atoms with Gasteiger partial charge in [0.2, 0.25) is 0 Å².